The minimum Gasteiger partial charge on any atom is -0.495 e. The van der Waals surface area contributed by atoms with E-state index in [1.165, 1.54) is 0 Å². The molecule has 1 unspecified atom stereocenters. The summed E-state index contributed by atoms with van der Waals surface area (Å²) in [6, 6.07) is 6.99. The smallest absolute Gasteiger partial charge is 0.321 e. The van der Waals surface area contributed by atoms with Crippen LogP contribution in [0.4, 0.5) is 10.5 Å². The third kappa shape index (κ3) is 4.15. The summed E-state index contributed by atoms with van der Waals surface area (Å²) in [5, 5.41) is 10.2. The Kier molecular flexibility index (Phi) is 5.83. The van der Waals surface area contributed by atoms with Crippen LogP contribution in [0.25, 0.3) is 0 Å². The molecule has 20 heavy (non-hydrogen) atoms. The van der Waals surface area contributed by atoms with Crippen LogP contribution in [0, 0.1) is 11.3 Å². The first kappa shape index (κ1) is 15.8. The van der Waals surface area contributed by atoms with Crippen molar-refractivity contribution in [3.05, 3.63) is 24.3 Å². The van der Waals surface area contributed by atoms with Gasteiger partial charge in [0.2, 0.25) is 0 Å². The number of amidine groups is 1. The minimum absolute atomic E-state index is 0.0774. The third-order valence-corrected chi connectivity index (χ3v) is 3.04. The molecule has 6 nitrogen and oxygen atoms in total. The molecule has 0 aliphatic heterocycles. The molecule has 0 spiro atoms. The van der Waals surface area contributed by atoms with E-state index in [2.05, 4.69) is 5.32 Å². The maximum absolute atomic E-state index is 12.2. The molecule has 0 aliphatic carbocycles. The zero-order valence-corrected chi connectivity index (χ0v) is 12.1. The monoisotopic (exact) mass is 278 g/mol. The van der Waals surface area contributed by atoms with E-state index in [1.807, 2.05) is 26.0 Å². The van der Waals surface area contributed by atoms with E-state index < -0.39 is 0 Å². The lowest BCUT2D eigenvalue weighted by Gasteiger charge is -2.24. The third-order valence-electron chi connectivity index (χ3n) is 3.04. The topological polar surface area (TPSA) is 91.4 Å². The average Bonchev–Trinajstić information content (AvgIpc) is 2.44. The number of methoxy groups -OCH3 is 1. The summed E-state index contributed by atoms with van der Waals surface area (Å²) in [4.78, 5) is 13.8. The largest absolute Gasteiger partial charge is 0.495 e. The second-order valence-corrected chi connectivity index (χ2v) is 4.53. The molecule has 0 saturated heterocycles. The molecule has 0 radical (unpaired) electrons. The van der Waals surface area contributed by atoms with E-state index in [-0.39, 0.29) is 17.8 Å². The first-order valence-electron chi connectivity index (χ1n) is 6.52. The number of amides is 2. The van der Waals surface area contributed by atoms with Crippen molar-refractivity contribution in [3.63, 3.8) is 0 Å². The molecule has 0 bridgehead atoms. The standard InChI is InChI=1S/C14H22N4O2/c1-4-18(9-10(2)13(15)16)14(19)17-11-7-5-6-8-12(11)20-3/h5-8,10H,4,9H2,1-3H3,(H3,15,16)(H,17,19). The molecule has 0 fully saturated rings. The van der Waals surface area contributed by atoms with Crippen LogP contribution in [0.5, 0.6) is 5.75 Å². The van der Waals surface area contributed by atoms with Crippen LogP contribution in [0.3, 0.4) is 0 Å². The van der Waals surface area contributed by atoms with Gasteiger partial charge in [0.15, 0.2) is 0 Å². The van der Waals surface area contributed by atoms with Gasteiger partial charge in [-0.1, -0.05) is 19.1 Å². The molecule has 0 aromatic heterocycles. The average molecular weight is 278 g/mol. The van der Waals surface area contributed by atoms with E-state index >= 15 is 0 Å². The highest BCUT2D eigenvalue weighted by molar-refractivity contribution is 5.91. The fourth-order valence-electron chi connectivity index (χ4n) is 1.73. The number of hydrogen-bond acceptors (Lipinski definition) is 3. The molecular weight excluding hydrogens is 256 g/mol. The van der Waals surface area contributed by atoms with Crippen LogP contribution in [0.2, 0.25) is 0 Å². The SMILES string of the molecule is CCN(CC(C)C(=N)N)C(=O)Nc1ccccc1OC. The Morgan fingerprint density at radius 1 is 1.50 bits per heavy atom. The number of nitrogens with two attached hydrogens (primary N) is 1. The minimum atomic E-state index is -0.231. The van der Waals surface area contributed by atoms with Gasteiger partial charge < -0.3 is 20.7 Å². The molecule has 1 aromatic rings. The number of anilines is 1. The van der Waals surface area contributed by atoms with Crippen LogP contribution in [0.15, 0.2) is 24.3 Å². The Hall–Kier alpha value is -2.24. The Bertz CT molecular complexity index is 476. The second-order valence-electron chi connectivity index (χ2n) is 4.53. The van der Waals surface area contributed by atoms with Crippen molar-refractivity contribution in [2.24, 2.45) is 11.7 Å². The molecule has 1 rings (SSSR count). The van der Waals surface area contributed by atoms with Gasteiger partial charge in [-0.05, 0) is 19.1 Å². The highest BCUT2D eigenvalue weighted by Crippen LogP contribution is 2.23. The van der Waals surface area contributed by atoms with Gasteiger partial charge in [-0.3, -0.25) is 5.41 Å². The van der Waals surface area contributed by atoms with E-state index in [4.69, 9.17) is 15.9 Å². The lowest BCUT2D eigenvalue weighted by molar-refractivity contribution is 0.211. The lowest BCUT2D eigenvalue weighted by atomic mass is 10.1. The zero-order valence-electron chi connectivity index (χ0n) is 12.1. The number of nitrogens with zero attached hydrogens (tertiary/aromatic N) is 1. The van der Waals surface area contributed by atoms with Gasteiger partial charge in [-0.25, -0.2) is 4.79 Å². The second kappa shape index (κ2) is 7.37. The number of carbonyl (C=O) groups excluding carboxylic acids is 1. The summed E-state index contributed by atoms with van der Waals surface area (Å²) in [6.45, 7) is 4.65. The predicted molar refractivity (Wildman–Crippen MR) is 80.3 cm³/mol. The van der Waals surface area contributed by atoms with Crippen molar-refractivity contribution >= 4 is 17.6 Å². The van der Waals surface area contributed by atoms with Crippen LogP contribution >= 0.6 is 0 Å². The molecule has 0 saturated carbocycles. The van der Waals surface area contributed by atoms with Crippen molar-refractivity contribution in [1.82, 2.24) is 4.90 Å². The Labute approximate surface area is 119 Å². The van der Waals surface area contributed by atoms with Crippen LogP contribution in [-0.4, -0.2) is 37.0 Å². The van der Waals surface area contributed by atoms with E-state index in [0.717, 1.165) is 0 Å². The lowest BCUT2D eigenvalue weighted by Crippen LogP contribution is -2.40. The van der Waals surface area contributed by atoms with Crippen LogP contribution in [0.1, 0.15) is 13.8 Å². The Morgan fingerprint density at radius 3 is 2.70 bits per heavy atom. The molecule has 6 heteroatoms. The summed E-state index contributed by atoms with van der Waals surface area (Å²) < 4.78 is 5.19. The molecule has 1 aromatic carbocycles. The number of ether oxygens (including phenoxy) is 1. The number of para-hydroxylation sites is 2. The number of benzene rings is 1. The molecule has 0 aliphatic rings. The normalized spacial score (nSPS) is 11.6. The fourth-order valence-corrected chi connectivity index (χ4v) is 1.73. The maximum atomic E-state index is 12.2. The van der Waals surface area contributed by atoms with Gasteiger partial charge >= 0.3 is 6.03 Å². The van der Waals surface area contributed by atoms with Crippen molar-refractivity contribution in [2.45, 2.75) is 13.8 Å². The quantitative estimate of drug-likeness (QED) is 0.550. The van der Waals surface area contributed by atoms with Crippen LogP contribution < -0.4 is 15.8 Å². The fraction of sp³-hybridized carbons (Fsp3) is 0.429. The van der Waals surface area contributed by atoms with Gasteiger partial charge in [-0.15, -0.1) is 0 Å². The number of carbonyl (C=O) groups is 1. The maximum Gasteiger partial charge on any atom is 0.321 e. The van der Waals surface area contributed by atoms with Gasteiger partial charge in [-0.2, -0.15) is 0 Å². The summed E-state index contributed by atoms with van der Waals surface area (Å²) in [6.07, 6.45) is 0. The Morgan fingerprint density at radius 2 is 2.15 bits per heavy atom. The van der Waals surface area contributed by atoms with Gasteiger partial charge in [0.05, 0.1) is 18.6 Å². The van der Waals surface area contributed by atoms with Gasteiger partial charge in [0, 0.05) is 19.0 Å². The first-order chi connectivity index (χ1) is 9.49. The molecule has 110 valence electrons. The van der Waals surface area contributed by atoms with E-state index in [9.17, 15) is 4.79 Å². The van der Waals surface area contributed by atoms with Crippen molar-refractivity contribution < 1.29 is 9.53 Å². The summed E-state index contributed by atoms with van der Waals surface area (Å²) in [5.41, 5.74) is 6.06. The molecule has 2 amide bonds. The van der Waals surface area contributed by atoms with Gasteiger partial charge in [0.25, 0.3) is 0 Å². The van der Waals surface area contributed by atoms with Crippen LogP contribution in [-0.2, 0) is 0 Å². The van der Waals surface area contributed by atoms with Gasteiger partial charge in [0.1, 0.15) is 5.75 Å². The number of hydrogen-bond donors (Lipinski definition) is 3. The summed E-state index contributed by atoms with van der Waals surface area (Å²) in [5.74, 6) is 0.517. The summed E-state index contributed by atoms with van der Waals surface area (Å²) >= 11 is 0. The summed E-state index contributed by atoms with van der Waals surface area (Å²) in [7, 11) is 1.56. The van der Waals surface area contributed by atoms with Crippen molar-refractivity contribution in [2.75, 3.05) is 25.5 Å². The number of nitrogens with one attached hydrogen (secondary N) is 2. The highest BCUT2D eigenvalue weighted by Gasteiger charge is 2.17. The molecule has 1 atom stereocenters. The molecular formula is C14H22N4O2. The first-order valence-corrected chi connectivity index (χ1v) is 6.52. The highest BCUT2D eigenvalue weighted by atomic mass is 16.5. The van der Waals surface area contributed by atoms with Crippen molar-refractivity contribution in [1.29, 1.82) is 5.41 Å². The van der Waals surface area contributed by atoms with E-state index in [1.54, 1.807) is 24.1 Å². The number of urea groups is 1. The number of rotatable bonds is 6. The van der Waals surface area contributed by atoms with E-state index in [0.29, 0.717) is 24.5 Å². The zero-order chi connectivity index (χ0) is 15.1. The van der Waals surface area contributed by atoms with Crippen molar-refractivity contribution in [3.8, 4) is 5.75 Å². The predicted octanol–water partition coefficient (Wildman–Crippen LogP) is 2.12. The Balaban J connectivity index is 2.74. The molecule has 0 heterocycles. The molecule has 4 N–H and O–H groups in total.